The molecule has 10 nitrogen and oxygen atoms in total. The van der Waals surface area contributed by atoms with Gasteiger partial charge in [0.05, 0.1) is 18.4 Å². The van der Waals surface area contributed by atoms with E-state index >= 15 is 0 Å². The highest BCUT2D eigenvalue weighted by molar-refractivity contribution is 5.88. The number of fused-ring (bicyclic) bond motifs is 1. The first-order valence-corrected chi connectivity index (χ1v) is 11.5. The van der Waals surface area contributed by atoms with Gasteiger partial charge in [-0.1, -0.05) is 32.6 Å². The molecule has 3 rings (SSSR count). The van der Waals surface area contributed by atoms with Gasteiger partial charge >= 0.3 is 12.0 Å². The van der Waals surface area contributed by atoms with Crippen LogP contribution in [0.5, 0.6) is 0 Å². The number of H-pyrrole nitrogens is 1. The first-order valence-electron chi connectivity index (χ1n) is 11.5. The van der Waals surface area contributed by atoms with Crippen LogP contribution in [0.4, 0.5) is 10.7 Å². The minimum atomic E-state index is -0.475. The summed E-state index contributed by atoms with van der Waals surface area (Å²) in [5.74, 6) is 0.0205. The van der Waals surface area contributed by atoms with Crippen molar-refractivity contribution in [3.63, 3.8) is 0 Å². The standard InChI is InChI=1S/C22H33N5O5/c1-2-3-9-23-22(31)26-21-24-19-17(20(30)25-21)12-16(13-18(29)32-11-10-28)27(19)14-15-7-5-4-6-8-15/h12,15,28H,2-11,13-14H2,1H3,(H3,23,24,25,26,30,31). The van der Waals surface area contributed by atoms with Gasteiger partial charge in [-0.15, -0.1) is 0 Å². The molecule has 0 unspecified atom stereocenters. The maximum atomic E-state index is 12.7. The van der Waals surface area contributed by atoms with E-state index < -0.39 is 12.0 Å². The van der Waals surface area contributed by atoms with Gasteiger partial charge in [-0.25, -0.2) is 4.79 Å². The van der Waals surface area contributed by atoms with E-state index in [0.717, 1.165) is 38.5 Å². The number of hydrogen-bond donors (Lipinski definition) is 4. The van der Waals surface area contributed by atoms with Crippen LogP contribution in [0, 0.1) is 5.92 Å². The molecule has 0 saturated heterocycles. The van der Waals surface area contributed by atoms with Gasteiger partial charge in [0.25, 0.3) is 5.56 Å². The number of aliphatic hydroxyl groups excluding tert-OH is 1. The van der Waals surface area contributed by atoms with Gasteiger partial charge in [-0.2, -0.15) is 4.98 Å². The van der Waals surface area contributed by atoms with E-state index in [9.17, 15) is 14.4 Å². The van der Waals surface area contributed by atoms with Gasteiger partial charge in [0.1, 0.15) is 12.3 Å². The Morgan fingerprint density at radius 2 is 2.09 bits per heavy atom. The highest BCUT2D eigenvalue weighted by Gasteiger charge is 2.21. The van der Waals surface area contributed by atoms with Crippen LogP contribution in [0.15, 0.2) is 10.9 Å². The van der Waals surface area contributed by atoms with Crippen LogP contribution in [0.1, 0.15) is 57.6 Å². The number of aromatic amines is 1. The second-order valence-corrected chi connectivity index (χ2v) is 8.26. The zero-order valence-corrected chi connectivity index (χ0v) is 18.6. The van der Waals surface area contributed by atoms with E-state index in [2.05, 4.69) is 20.6 Å². The van der Waals surface area contributed by atoms with Crippen molar-refractivity contribution < 1.29 is 19.4 Å². The first kappa shape index (κ1) is 23.8. The number of anilines is 1. The molecule has 0 aliphatic heterocycles. The molecule has 4 N–H and O–H groups in total. The van der Waals surface area contributed by atoms with E-state index in [-0.39, 0.29) is 31.1 Å². The van der Waals surface area contributed by atoms with Crippen LogP contribution in [0.2, 0.25) is 0 Å². The molecule has 0 radical (unpaired) electrons. The number of carbonyl (C=O) groups excluding carboxylic acids is 2. The van der Waals surface area contributed by atoms with Crippen LogP contribution >= 0.6 is 0 Å². The monoisotopic (exact) mass is 447 g/mol. The molecular weight excluding hydrogens is 414 g/mol. The van der Waals surface area contributed by atoms with Crippen molar-refractivity contribution in [3.8, 4) is 0 Å². The van der Waals surface area contributed by atoms with Gasteiger partial charge in [0.2, 0.25) is 5.95 Å². The SMILES string of the molecule is CCCCNC(=O)Nc1nc2c(cc(CC(=O)OCCO)n2CC2CCCCC2)c(=O)[nH]1. The molecule has 32 heavy (non-hydrogen) atoms. The van der Waals surface area contributed by atoms with Crippen molar-refractivity contribution in [1.82, 2.24) is 19.9 Å². The van der Waals surface area contributed by atoms with Crippen molar-refractivity contribution in [2.24, 2.45) is 5.92 Å². The van der Waals surface area contributed by atoms with Gasteiger partial charge in [-0.05, 0) is 31.2 Å². The Morgan fingerprint density at radius 3 is 2.81 bits per heavy atom. The largest absolute Gasteiger partial charge is 0.463 e. The number of aliphatic hydroxyl groups is 1. The molecule has 2 heterocycles. The maximum Gasteiger partial charge on any atom is 0.321 e. The number of carbonyl (C=O) groups is 2. The maximum absolute atomic E-state index is 12.7. The molecule has 10 heteroatoms. The summed E-state index contributed by atoms with van der Waals surface area (Å²) in [5.41, 5.74) is 0.690. The van der Waals surface area contributed by atoms with Gasteiger partial charge in [-0.3, -0.25) is 19.9 Å². The number of hydrogen-bond acceptors (Lipinski definition) is 6. The fourth-order valence-corrected chi connectivity index (χ4v) is 4.11. The average Bonchev–Trinajstić information content (AvgIpc) is 3.10. The average molecular weight is 448 g/mol. The predicted octanol–water partition coefficient (Wildman–Crippen LogP) is 2.30. The summed E-state index contributed by atoms with van der Waals surface area (Å²) in [6, 6.07) is 1.23. The quantitative estimate of drug-likeness (QED) is 0.326. The third-order valence-corrected chi connectivity index (χ3v) is 5.74. The highest BCUT2D eigenvalue weighted by Crippen LogP contribution is 2.28. The minimum absolute atomic E-state index is 0.0250. The molecule has 1 aliphatic rings. The minimum Gasteiger partial charge on any atom is -0.463 e. The molecule has 0 spiro atoms. The molecule has 176 valence electrons. The Bertz CT molecular complexity index is 977. The molecule has 2 aromatic rings. The number of unbranched alkanes of at least 4 members (excludes halogenated alkanes) is 1. The zero-order valence-electron chi connectivity index (χ0n) is 18.6. The van der Waals surface area contributed by atoms with Crippen molar-refractivity contribution in [2.45, 2.75) is 64.8 Å². The molecule has 1 fully saturated rings. The lowest BCUT2D eigenvalue weighted by Crippen LogP contribution is -2.31. The van der Waals surface area contributed by atoms with E-state index in [1.807, 2.05) is 11.5 Å². The zero-order chi connectivity index (χ0) is 22.9. The number of urea groups is 1. The summed E-state index contributed by atoms with van der Waals surface area (Å²) < 4.78 is 6.92. The van der Waals surface area contributed by atoms with Crippen LogP contribution in [-0.4, -0.2) is 51.4 Å². The van der Waals surface area contributed by atoms with Gasteiger partial charge in [0, 0.05) is 18.8 Å². The Morgan fingerprint density at radius 1 is 1.31 bits per heavy atom. The van der Waals surface area contributed by atoms with Crippen LogP contribution < -0.4 is 16.2 Å². The van der Waals surface area contributed by atoms with Crippen molar-refractivity contribution in [2.75, 3.05) is 25.1 Å². The van der Waals surface area contributed by atoms with Gasteiger partial charge in [0.15, 0.2) is 0 Å². The number of aromatic nitrogens is 3. The van der Waals surface area contributed by atoms with E-state index in [1.165, 1.54) is 6.42 Å². The summed E-state index contributed by atoms with van der Waals surface area (Å²) in [6.07, 6.45) is 7.51. The molecule has 1 aliphatic carbocycles. The van der Waals surface area contributed by atoms with Gasteiger partial charge < -0.3 is 19.7 Å². The summed E-state index contributed by atoms with van der Waals surface area (Å²) in [5, 5.41) is 14.6. The normalized spacial score (nSPS) is 14.4. The molecule has 1 saturated carbocycles. The number of amides is 2. The third-order valence-electron chi connectivity index (χ3n) is 5.74. The second kappa shape index (κ2) is 11.7. The molecule has 2 aromatic heterocycles. The Balaban J connectivity index is 1.90. The van der Waals surface area contributed by atoms with E-state index in [0.29, 0.717) is 35.7 Å². The fraction of sp³-hybridized carbons (Fsp3) is 0.636. The number of nitrogens with one attached hydrogen (secondary N) is 3. The van der Waals surface area contributed by atoms with Crippen molar-refractivity contribution in [1.29, 1.82) is 0 Å². The van der Waals surface area contributed by atoms with Crippen LogP contribution in [0.25, 0.3) is 11.0 Å². The van der Waals surface area contributed by atoms with E-state index in [4.69, 9.17) is 9.84 Å². The number of rotatable bonds is 10. The fourth-order valence-electron chi connectivity index (χ4n) is 4.11. The second-order valence-electron chi connectivity index (χ2n) is 8.26. The number of ether oxygens (including phenoxy) is 1. The summed E-state index contributed by atoms with van der Waals surface area (Å²) in [4.78, 5) is 44.1. The lowest BCUT2D eigenvalue weighted by Gasteiger charge is -2.23. The van der Waals surface area contributed by atoms with Crippen LogP contribution in [-0.2, 0) is 22.5 Å². The summed E-state index contributed by atoms with van der Waals surface area (Å²) in [7, 11) is 0. The Kier molecular flexibility index (Phi) is 8.66. The Hall–Kier alpha value is -2.88. The molecule has 2 amide bonds. The van der Waals surface area contributed by atoms with Crippen LogP contribution in [0.3, 0.4) is 0 Å². The smallest absolute Gasteiger partial charge is 0.321 e. The third kappa shape index (κ3) is 6.32. The number of esters is 1. The topological polar surface area (TPSA) is 138 Å². The Labute approximate surface area is 186 Å². The molecular formula is C22H33N5O5. The summed E-state index contributed by atoms with van der Waals surface area (Å²) >= 11 is 0. The highest BCUT2D eigenvalue weighted by atomic mass is 16.5. The van der Waals surface area contributed by atoms with Crippen molar-refractivity contribution in [3.05, 3.63) is 22.1 Å². The number of nitrogens with zero attached hydrogens (tertiary/aromatic N) is 2. The van der Waals surface area contributed by atoms with Crippen molar-refractivity contribution >= 4 is 29.0 Å². The summed E-state index contributed by atoms with van der Waals surface area (Å²) in [6.45, 7) is 2.90. The lowest BCUT2D eigenvalue weighted by molar-refractivity contribution is -0.143. The molecule has 0 aromatic carbocycles. The first-order chi connectivity index (χ1) is 15.5. The molecule has 0 atom stereocenters. The predicted molar refractivity (Wildman–Crippen MR) is 121 cm³/mol. The molecule has 0 bridgehead atoms. The lowest BCUT2D eigenvalue weighted by atomic mass is 9.89. The van der Waals surface area contributed by atoms with E-state index in [1.54, 1.807) is 6.07 Å².